The third-order valence-electron chi connectivity index (χ3n) is 3.92. The van der Waals surface area contributed by atoms with Crippen LogP contribution in [0.3, 0.4) is 0 Å². The van der Waals surface area contributed by atoms with Gasteiger partial charge >= 0.3 is 5.97 Å². The van der Waals surface area contributed by atoms with Gasteiger partial charge in [-0.2, -0.15) is 0 Å². The molecule has 0 aromatic heterocycles. The van der Waals surface area contributed by atoms with Crippen LogP contribution >= 0.6 is 0 Å². The molecule has 0 heterocycles. The summed E-state index contributed by atoms with van der Waals surface area (Å²) in [5, 5.41) is 11.9. The molecule has 0 aliphatic carbocycles. The van der Waals surface area contributed by atoms with Crippen molar-refractivity contribution in [3.05, 3.63) is 48.0 Å². The van der Waals surface area contributed by atoms with Crippen molar-refractivity contribution < 1.29 is 9.90 Å². The molecule has 0 aliphatic rings. The summed E-state index contributed by atoms with van der Waals surface area (Å²) >= 11 is 0. The Labute approximate surface area is 126 Å². The van der Waals surface area contributed by atoms with E-state index in [1.54, 1.807) is 0 Å². The molecule has 1 atom stereocenters. The van der Waals surface area contributed by atoms with E-state index in [1.807, 2.05) is 54.3 Å². The first kappa shape index (κ1) is 15.5. The quantitative estimate of drug-likeness (QED) is 0.833. The fraction of sp³-hybridized carbons (Fsp3) is 0.389. The van der Waals surface area contributed by atoms with E-state index in [-0.39, 0.29) is 0 Å². The van der Waals surface area contributed by atoms with Crippen molar-refractivity contribution in [3.63, 3.8) is 0 Å². The second-order valence-electron chi connectivity index (χ2n) is 5.29. The number of rotatable bonds is 7. The largest absolute Gasteiger partial charge is 0.480 e. The Morgan fingerprint density at radius 3 is 2.52 bits per heavy atom. The number of benzene rings is 2. The van der Waals surface area contributed by atoms with E-state index in [4.69, 9.17) is 0 Å². The van der Waals surface area contributed by atoms with E-state index in [2.05, 4.69) is 6.92 Å². The summed E-state index contributed by atoms with van der Waals surface area (Å²) in [5.74, 6) is -0.774. The molecule has 1 unspecified atom stereocenters. The lowest BCUT2D eigenvalue weighted by Crippen LogP contribution is -2.35. The highest BCUT2D eigenvalue weighted by Crippen LogP contribution is 2.28. The van der Waals surface area contributed by atoms with Crippen LogP contribution in [0.15, 0.2) is 42.5 Å². The van der Waals surface area contributed by atoms with Gasteiger partial charge in [0.15, 0.2) is 0 Å². The molecule has 2 rings (SSSR count). The van der Waals surface area contributed by atoms with Crippen molar-refractivity contribution in [2.45, 2.75) is 32.7 Å². The van der Waals surface area contributed by atoms with Gasteiger partial charge in [-0.15, -0.1) is 0 Å². The summed E-state index contributed by atoms with van der Waals surface area (Å²) in [5.41, 5.74) is 0.888. The number of hydrogen-bond acceptors (Lipinski definition) is 2. The maximum absolute atomic E-state index is 11.9. The molecule has 0 spiro atoms. The number of fused-ring (bicyclic) bond motifs is 1. The van der Waals surface area contributed by atoms with E-state index in [9.17, 15) is 9.90 Å². The second kappa shape index (κ2) is 7.23. The van der Waals surface area contributed by atoms with Crippen LogP contribution in [0.1, 0.15) is 38.3 Å². The fourth-order valence-electron chi connectivity index (χ4n) is 2.81. The summed E-state index contributed by atoms with van der Waals surface area (Å²) in [4.78, 5) is 13.9. The number of carboxylic acids is 1. The van der Waals surface area contributed by atoms with Gasteiger partial charge in [0.05, 0.1) is 0 Å². The molecule has 2 aromatic rings. The van der Waals surface area contributed by atoms with Crippen LogP contribution < -0.4 is 0 Å². The van der Waals surface area contributed by atoms with Crippen molar-refractivity contribution >= 4 is 16.7 Å². The molecule has 21 heavy (non-hydrogen) atoms. The maximum Gasteiger partial charge on any atom is 0.325 e. The van der Waals surface area contributed by atoms with Gasteiger partial charge < -0.3 is 5.11 Å². The molecule has 0 saturated heterocycles. The van der Waals surface area contributed by atoms with Crippen molar-refractivity contribution in [1.29, 1.82) is 0 Å². The van der Waals surface area contributed by atoms with E-state index in [0.717, 1.165) is 42.3 Å². The standard InChI is InChI=1S/C18H23NO2/c1-3-5-13-19(4-2)17(18(20)21)16-12-8-10-14-9-6-7-11-15(14)16/h6-12,17H,3-5,13H2,1-2H3,(H,20,21). The van der Waals surface area contributed by atoms with E-state index >= 15 is 0 Å². The zero-order chi connectivity index (χ0) is 15.2. The Bertz CT molecular complexity index is 604. The van der Waals surface area contributed by atoms with Crippen molar-refractivity contribution in [1.82, 2.24) is 4.90 Å². The molecule has 112 valence electrons. The van der Waals surface area contributed by atoms with E-state index in [1.165, 1.54) is 0 Å². The molecule has 0 saturated carbocycles. The molecular weight excluding hydrogens is 262 g/mol. The van der Waals surface area contributed by atoms with Crippen molar-refractivity contribution in [2.24, 2.45) is 0 Å². The number of aliphatic carboxylic acids is 1. The first-order chi connectivity index (χ1) is 10.2. The van der Waals surface area contributed by atoms with Gasteiger partial charge in [-0.25, -0.2) is 0 Å². The average molecular weight is 285 g/mol. The topological polar surface area (TPSA) is 40.5 Å². The maximum atomic E-state index is 11.9. The van der Waals surface area contributed by atoms with Crippen LogP contribution in [0.25, 0.3) is 10.8 Å². The summed E-state index contributed by atoms with van der Waals surface area (Å²) in [6, 6.07) is 13.3. The Kier molecular flexibility index (Phi) is 5.34. The van der Waals surface area contributed by atoms with Gasteiger partial charge in [0, 0.05) is 0 Å². The minimum Gasteiger partial charge on any atom is -0.480 e. The van der Waals surface area contributed by atoms with Crippen molar-refractivity contribution in [3.8, 4) is 0 Å². The van der Waals surface area contributed by atoms with E-state index < -0.39 is 12.0 Å². The SMILES string of the molecule is CCCCN(CC)C(C(=O)O)c1cccc2ccccc12. The second-order valence-corrected chi connectivity index (χ2v) is 5.29. The van der Waals surface area contributed by atoms with Crippen LogP contribution in [0.4, 0.5) is 0 Å². The monoisotopic (exact) mass is 285 g/mol. The number of nitrogens with zero attached hydrogens (tertiary/aromatic N) is 1. The highest BCUT2D eigenvalue weighted by molar-refractivity contribution is 5.90. The van der Waals surface area contributed by atoms with Gasteiger partial charge in [-0.1, -0.05) is 62.7 Å². The van der Waals surface area contributed by atoms with Gasteiger partial charge in [-0.3, -0.25) is 9.69 Å². The lowest BCUT2D eigenvalue weighted by Gasteiger charge is -2.28. The Morgan fingerprint density at radius 2 is 1.86 bits per heavy atom. The van der Waals surface area contributed by atoms with Crippen LogP contribution in [-0.4, -0.2) is 29.1 Å². The first-order valence-corrected chi connectivity index (χ1v) is 7.63. The Morgan fingerprint density at radius 1 is 1.14 bits per heavy atom. The molecule has 3 nitrogen and oxygen atoms in total. The van der Waals surface area contributed by atoms with Gasteiger partial charge in [-0.05, 0) is 35.8 Å². The van der Waals surface area contributed by atoms with Crippen LogP contribution in [0.2, 0.25) is 0 Å². The molecule has 3 heteroatoms. The molecule has 0 amide bonds. The molecule has 0 bridgehead atoms. The van der Waals surface area contributed by atoms with E-state index in [0.29, 0.717) is 0 Å². The molecular formula is C18H23NO2. The molecule has 1 N–H and O–H groups in total. The average Bonchev–Trinajstić information content (AvgIpc) is 2.50. The zero-order valence-electron chi connectivity index (χ0n) is 12.7. The predicted octanol–water partition coefficient (Wildman–Crippen LogP) is 4.09. The first-order valence-electron chi connectivity index (χ1n) is 7.63. The Balaban J connectivity index is 2.47. The summed E-state index contributed by atoms with van der Waals surface area (Å²) in [7, 11) is 0. The fourth-order valence-corrected chi connectivity index (χ4v) is 2.81. The number of carboxylic acid groups (broad SMARTS) is 1. The summed E-state index contributed by atoms with van der Waals surface area (Å²) in [6.45, 7) is 5.70. The van der Waals surface area contributed by atoms with Crippen LogP contribution in [0.5, 0.6) is 0 Å². The number of unbranched alkanes of at least 4 members (excludes halogenated alkanes) is 1. The number of carbonyl (C=O) groups is 1. The minimum atomic E-state index is -0.774. The zero-order valence-corrected chi connectivity index (χ0v) is 12.7. The number of hydrogen-bond donors (Lipinski definition) is 1. The lowest BCUT2D eigenvalue weighted by molar-refractivity contribution is -0.143. The molecule has 2 aromatic carbocycles. The van der Waals surface area contributed by atoms with Crippen LogP contribution in [0, 0.1) is 0 Å². The van der Waals surface area contributed by atoms with Gasteiger partial charge in [0.25, 0.3) is 0 Å². The summed E-state index contributed by atoms with van der Waals surface area (Å²) in [6.07, 6.45) is 2.08. The molecule has 0 aliphatic heterocycles. The predicted molar refractivity (Wildman–Crippen MR) is 86.5 cm³/mol. The van der Waals surface area contributed by atoms with Crippen molar-refractivity contribution in [2.75, 3.05) is 13.1 Å². The Hall–Kier alpha value is -1.87. The third-order valence-corrected chi connectivity index (χ3v) is 3.92. The van der Waals surface area contributed by atoms with Gasteiger partial charge in [0.1, 0.15) is 6.04 Å². The smallest absolute Gasteiger partial charge is 0.325 e. The minimum absolute atomic E-state index is 0.576. The lowest BCUT2D eigenvalue weighted by atomic mass is 9.97. The van der Waals surface area contributed by atoms with Gasteiger partial charge in [0.2, 0.25) is 0 Å². The molecule has 0 fully saturated rings. The highest BCUT2D eigenvalue weighted by atomic mass is 16.4. The van der Waals surface area contributed by atoms with Crippen LogP contribution in [-0.2, 0) is 4.79 Å². The third kappa shape index (κ3) is 3.42. The normalized spacial score (nSPS) is 12.7. The summed E-state index contributed by atoms with van der Waals surface area (Å²) < 4.78 is 0. The molecule has 0 radical (unpaired) electrons. The highest BCUT2D eigenvalue weighted by Gasteiger charge is 2.27. The number of likely N-dealkylation sites (N-methyl/N-ethyl adjacent to an activating group) is 1.